The van der Waals surface area contributed by atoms with Gasteiger partial charge in [0, 0.05) is 18.2 Å². The Bertz CT molecular complexity index is 1260. The molecule has 0 saturated heterocycles. The Hall–Kier alpha value is -3.93. The zero-order chi connectivity index (χ0) is 20.5. The Morgan fingerprint density at radius 2 is 1.83 bits per heavy atom. The van der Waals surface area contributed by atoms with Crippen molar-refractivity contribution in [2.24, 2.45) is 0 Å². The number of hydrogen-bond acceptors (Lipinski definition) is 3. The van der Waals surface area contributed by atoms with E-state index < -0.39 is 5.92 Å². The van der Waals surface area contributed by atoms with Gasteiger partial charge in [0.1, 0.15) is 5.82 Å². The van der Waals surface area contributed by atoms with Gasteiger partial charge in [-0.2, -0.15) is 5.10 Å². The van der Waals surface area contributed by atoms with Crippen LogP contribution in [0.5, 0.6) is 0 Å². The molecule has 4 aromatic rings. The third-order valence-electron chi connectivity index (χ3n) is 5.48. The summed E-state index contributed by atoms with van der Waals surface area (Å²) in [7, 11) is 0. The number of nitrogens with zero attached hydrogens (tertiary/aromatic N) is 2. The normalized spacial score (nSPS) is 15.5. The lowest BCUT2D eigenvalue weighted by Gasteiger charge is -2.24. The van der Waals surface area contributed by atoms with E-state index in [1.807, 2.05) is 42.5 Å². The molecule has 6 nitrogen and oxygen atoms in total. The standard InChI is InChI=1S/C24H20N4O2/c29-23-14-20(19-10-3-4-11-21(19)26-23)24(30)27-22-12-13-25-28(22)15-17-8-5-7-16-6-1-2-9-18(16)17/h1-13,20H,14-15H2,(H,26,29)(H,27,30). The molecule has 30 heavy (non-hydrogen) atoms. The number of amides is 2. The topological polar surface area (TPSA) is 76.0 Å². The van der Waals surface area contributed by atoms with Gasteiger partial charge >= 0.3 is 0 Å². The maximum Gasteiger partial charge on any atom is 0.233 e. The fraction of sp³-hybridized carbons (Fsp3) is 0.125. The van der Waals surface area contributed by atoms with Crippen LogP contribution in [-0.2, 0) is 16.1 Å². The molecule has 1 aliphatic rings. The highest BCUT2D eigenvalue weighted by atomic mass is 16.2. The summed E-state index contributed by atoms with van der Waals surface area (Å²) < 4.78 is 1.77. The Labute approximate surface area is 173 Å². The smallest absolute Gasteiger partial charge is 0.233 e. The highest BCUT2D eigenvalue weighted by Crippen LogP contribution is 2.33. The van der Waals surface area contributed by atoms with Gasteiger partial charge in [-0.05, 0) is 28.0 Å². The average Bonchev–Trinajstić information content (AvgIpc) is 3.19. The van der Waals surface area contributed by atoms with Crippen molar-refractivity contribution in [2.45, 2.75) is 18.9 Å². The summed E-state index contributed by atoms with van der Waals surface area (Å²) in [6.07, 6.45) is 1.79. The fourth-order valence-corrected chi connectivity index (χ4v) is 4.02. The van der Waals surface area contributed by atoms with E-state index in [4.69, 9.17) is 0 Å². The number of fused-ring (bicyclic) bond motifs is 2. The molecule has 2 N–H and O–H groups in total. The number of rotatable bonds is 4. The molecule has 0 radical (unpaired) electrons. The van der Waals surface area contributed by atoms with E-state index in [1.165, 1.54) is 0 Å². The third kappa shape index (κ3) is 3.33. The van der Waals surface area contributed by atoms with Gasteiger partial charge < -0.3 is 10.6 Å². The van der Waals surface area contributed by atoms with Crippen LogP contribution in [0.25, 0.3) is 10.8 Å². The van der Waals surface area contributed by atoms with Gasteiger partial charge in [-0.15, -0.1) is 0 Å². The lowest BCUT2D eigenvalue weighted by Crippen LogP contribution is -2.31. The second kappa shape index (κ2) is 7.48. The van der Waals surface area contributed by atoms with E-state index >= 15 is 0 Å². The van der Waals surface area contributed by atoms with Gasteiger partial charge in [-0.25, -0.2) is 4.68 Å². The van der Waals surface area contributed by atoms with Crippen molar-refractivity contribution in [2.75, 3.05) is 10.6 Å². The Kier molecular flexibility index (Phi) is 4.52. The number of aromatic nitrogens is 2. The number of para-hydroxylation sites is 1. The molecule has 6 heteroatoms. The number of nitrogens with one attached hydrogen (secondary N) is 2. The Morgan fingerprint density at radius 1 is 1.03 bits per heavy atom. The van der Waals surface area contributed by atoms with Crippen LogP contribution in [0, 0.1) is 0 Å². The van der Waals surface area contributed by atoms with Gasteiger partial charge in [0.2, 0.25) is 11.8 Å². The number of anilines is 2. The maximum atomic E-state index is 13.1. The van der Waals surface area contributed by atoms with Crippen molar-refractivity contribution in [3.8, 4) is 0 Å². The zero-order valence-corrected chi connectivity index (χ0v) is 16.2. The van der Waals surface area contributed by atoms with E-state index in [1.54, 1.807) is 16.9 Å². The molecule has 2 amide bonds. The van der Waals surface area contributed by atoms with E-state index in [0.29, 0.717) is 18.1 Å². The van der Waals surface area contributed by atoms with Crippen molar-refractivity contribution in [3.05, 3.63) is 90.1 Å². The van der Waals surface area contributed by atoms with Crippen LogP contribution in [0.4, 0.5) is 11.5 Å². The van der Waals surface area contributed by atoms with Crippen LogP contribution in [0.2, 0.25) is 0 Å². The fourth-order valence-electron chi connectivity index (χ4n) is 4.02. The molecule has 0 saturated carbocycles. The van der Waals surface area contributed by atoms with Crippen molar-refractivity contribution in [3.63, 3.8) is 0 Å². The van der Waals surface area contributed by atoms with Crippen LogP contribution in [0.15, 0.2) is 79.0 Å². The maximum absolute atomic E-state index is 13.1. The van der Waals surface area contributed by atoms with Crippen molar-refractivity contribution < 1.29 is 9.59 Å². The summed E-state index contributed by atoms with van der Waals surface area (Å²) in [5.41, 5.74) is 2.64. The first-order valence-electron chi connectivity index (χ1n) is 9.87. The predicted molar refractivity (Wildman–Crippen MR) is 116 cm³/mol. The van der Waals surface area contributed by atoms with Crippen LogP contribution in [0.1, 0.15) is 23.5 Å². The molecule has 0 aliphatic carbocycles. The molecule has 1 aromatic heterocycles. The lowest BCUT2D eigenvalue weighted by molar-refractivity contribution is -0.123. The summed E-state index contributed by atoms with van der Waals surface area (Å²) >= 11 is 0. The second-order valence-corrected chi connectivity index (χ2v) is 7.39. The minimum absolute atomic E-state index is 0.125. The second-order valence-electron chi connectivity index (χ2n) is 7.39. The summed E-state index contributed by atoms with van der Waals surface area (Å²) in [6, 6.07) is 23.6. The molecule has 0 bridgehead atoms. The average molecular weight is 396 g/mol. The molecule has 2 heterocycles. The molecular formula is C24H20N4O2. The summed E-state index contributed by atoms with van der Waals surface area (Å²) in [4.78, 5) is 25.1. The molecule has 148 valence electrons. The first-order valence-corrected chi connectivity index (χ1v) is 9.87. The number of carbonyl (C=O) groups excluding carboxylic acids is 2. The summed E-state index contributed by atoms with van der Waals surface area (Å²) in [5.74, 6) is -0.290. The molecule has 1 atom stereocenters. The molecule has 1 aliphatic heterocycles. The first kappa shape index (κ1) is 18.1. The molecular weight excluding hydrogens is 376 g/mol. The molecule has 5 rings (SSSR count). The van der Waals surface area contributed by atoms with Crippen LogP contribution in [-0.4, -0.2) is 21.6 Å². The van der Waals surface area contributed by atoms with Gasteiger partial charge in [0.25, 0.3) is 0 Å². The Balaban J connectivity index is 1.41. The van der Waals surface area contributed by atoms with E-state index in [9.17, 15) is 9.59 Å². The first-order chi connectivity index (χ1) is 14.7. The molecule has 1 unspecified atom stereocenters. The largest absolute Gasteiger partial charge is 0.326 e. The minimum Gasteiger partial charge on any atom is -0.326 e. The van der Waals surface area contributed by atoms with Crippen LogP contribution >= 0.6 is 0 Å². The van der Waals surface area contributed by atoms with Gasteiger partial charge in [0.05, 0.1) is 18.7 Å². The highest BCUT2D eigenvalue weighted by Gasteiger charge is 2.30. The van der Waals surface area contributed by atoms with Crippen LogP contribution in [0.3, 0.4) is 0 Å². The zero-order valence-electron chi connectivity index (χ0n) is 16.2. The van der Waals surface area contributed by atoms with Gasteiger partial charge in [-0.3, -0.25) is 9.59 Å². The number of carbonyl (C=O) groups is 2. The monoisotopic (exact) mass is 396 g/mol. The van der Waals surface area contributed by atoms with Crippen molar-refractivity contribution in [1.29, 1.82) is 0 Å². The van der Waals surface area contributed by atoms with E-state index in [2.05, 4.69) is 40.0 Å². The minimum atomic E-state index is -0.532. The number of hydrogen-bond donors (Lipinski definition) is 2. The van der Waals surface area contributed by atoms with Crippen molar-refractivity contribution >= 4 is 34.1 Å². The third-order valence-corrected chi connectivity index (χ3v) is 5.48. The van der Waals surface area contributed by atoms with Crippen molar-refractivity contribution in [1.82, 2.24) is 9.78 Å². The number of benzene rings is 3. The highest BCUT2D eigenvalue weighted by molar-refractivity contribution is 6.04. The van der Waals surface area contributed by atoms with Gasteiger partial charge in [-0.1, -0.05) is 60.7 Å². The van der Waals surface area contributed by atoms with E-state index in [0.717, 1.165) is 21.9 Å². The van der Waals surface area contributed by atoms with Crippen LogP contribution < -0.4 is 10.6 Å². The quantitative estimate of drug-likeness (QED) is 0.544. The lowest BCUT2D eigenvalue weighted by atomic mass is 9.90. The molecule has 3 aromatic carbocycles. The molecule has 0 fully saturated rings. The van der Waals surface area contributed by atoms with E-state index in [-0.39, 0.29) is 18.2 Å². The van der Waals surface area contributed by atoms with Gasteiger partial charge in [0.15, 0.2) is 0 Å². The Morgan fingerprint density at radius 3 is 2.77 bits per heavy atom. The summed E-state index contributed by atoms with van der Waals surface area (Å²) in [6.45, 7) is 0.533. The summed E-state index contributed by atoms with van der Waals surface area (Å²) in [5, 5.41) is 12.5. The predicted octanol–water partition coefficient (Wildman–Crippen LogP) is 4.15. The SMILES string of the molecule is O=C1CC(C(=O)Nc2ccnn2Cc2cccc3ccccc23)c2ccccc2N1. The molecule has 0 spiro atoms.